The van der Waals surface area contributed by atoms with Crippen molar-refractivity contribution in [1.82, 2.24) is 15.1 Å². The van der Waals surface area contributed by atoms with Crippen LogP contribution in [0.4, 0.5) is 10.1 Å². The van der Waals surface area contributed by atoms with Crippen LogP contribution in [0, 0.1) is 11.7 Å². The molecule has 1 aromatic carbocycles. The summed E-state index contributed by atoms with van der Waals surface area (Å²) in [5.74, 6) is -0.0382. The predicted octanol–water partition coefficient (Wildman–Crippen LogP) is 1.33. The summed E-state index contributed by atoms with van der Waals surface area (Å²) in [6.07, 6.45) is 1.83. The average molecular weight is 385 g/mol. The molecule has 0 saturated carbocycles. The third-order valence-electron chi connectivity index (χ3n) is 4.87. The molecule has 2 aliphatic rings. The number of benzene rings is 1. The molecular weight excluding hydrogens is 359 g/mol. The normalized spacial score (nSPS) is 18.9. The summed E-state index contributed by atoms with van der Waals surface area (Å²) in [7, 11) is 0. The number of carbonyl (C=O) groups is 2. The van der Waals surface area contributed by atoms with E-state index in [1.54, 1.807) is 12.1 Å². The first-order valence-corrected chi connectivity index (χ1v) is 8.89. The lowest BCUT2D eigenvalue weighted by Crippen LogP contribution is -2.52. The monoisotopic (exact) mass is 384 g/mol. The van der Waals surface area contributed by atoms with Gasteiger partial charge in [-0.05, 0) is 50.2 Å². The van der Waals surface area contributed by atoms with Gasteiger partial charge in [0, 0.05) is 37.8 Å². The molecule has 2 aliphatic heterocycles. The number of piperazine rings is 1. The maximum Gasteiger partial charge on any atom is 0.238 e. The number of hydrogen-bond donors (Lipinski definition) is 2. The summed E-state index contributed by atoms with van der Waals surface area (Å²) in [5, 5.41) is 6.05. The fourth-order valence-corrected chi connectivity index (χ4v) is 3.39. The van der Waals surface area contributed by atoms with Gasteiger partial charge in [-0.3, -0.25) is 14.5 Å². The Morgan fingerprint density at radius 1 is 1.08 bits per heavy atom. The molecule has 1 aromatic rings. The first-order valence-electron chi connectivity index (χ1n) is 8.89. The fraction of sp³-hybridized carbons (Fsp3) is 0.556. The molecule has 0 bridgehead atoms. The van der Waals surface area contributed by atoms with Gasteiger partial charge in [-0.2, -0.15) is 0 Å². The fourth-order valence-electron chi connectivity index (χ4n) is 3.39. The van der Waals surface area contributed by atoms with E-state index >= 15 is 0 Å². The Kier molecular flexibility index (Phi) is 7.81. The van der Waals surface area contributed by atoms with E-state index in [0.717, 1.165) is 25.9 Å². The molecule has 2 heterocycles. The van der Waals surface area contributed by atoms with Crippen molar-refractivity contribution in [3.8, 4) is 0 Å². The largest absolute Gasteiger partial charge is 0.340 e. The minimum atomic E-state index is -0.326. The minimum absolute atomic E-state index is 0. The SMILES string of the molecule is Cl.O=C(CN1CCN(C(=O)C2CCNCC2)CC1)Nc1ccc(F)cc1. The number of nitrogens with zero attached hydrogens (tertiary/aromatic N) is 2. The van der Waals surface area contributed by atoms with E-state index in [0.29, 0.717) is 31.9 Å². The maximum atomic E-state index is 12.9. The Balaban J connectivity index is 0.00000243. The number of halogens is 2. The molecule has 26 heavy (non-hydrogen) atoms. The van der Waals surface area contributed by atoms with E-state index in [-0.39, 0.29) is 42.5 Å². The number of carbonyl (C=O) groups excluding carboxylic acids is 2. The van der Waals surface area contributed by atoms with Crippen LogP contribution in [0.3, 0.4) is 0 Å². The highest BCUT2D eigenvalue weighted by molar-refractivity contribution is 5.92. The highest BCUT2D eigenvalue weighted by atomic mass is 35.5. The van der Waals surface area contributed by atoms with Crippen molar-refractivity contribution < 1.29 is 14.0 Å². The second-order valence-corrected chi connectivity index (χ2v) is 6.68. The van der Waals surface area contributed by atoms with Gasteiger partial charge in [-0.25, -0.2) is 4.39 Å². The molecule has 0 atom stereocenters. The van der Waals surface area contributed by atoms with Gasteiger partial charge < -0.3 is 15.5 Å². The summed E-state index contributed by atoms with van der Waals surface area (Å²) >= 11 is 0. The zero-order valence-corrected chi connectivity index (χ0v) is 15.6. The van der Waals surface area contributed by atoms with Crippen LogP contribution in [0.1, 0.15) is 12.8 Å². The van der Waals surface area contributed by atoms with Gasteiger partial charge in [0.25, 0.3) is 0 Å². The van der Waals surface area contributed by atoms with Crippen LogP contribution in [0.2, 0.25) is 0 Å². The molecule has 2 N–H and O–H groups in total. The van der Waals surface area contributed by atoms with Crippen LogP contribution in [0.25, 0.3) is 0 Å². The molecule has 0 radical (unpaired) electrons. The van der Waals surface area contributed by atoms with Gasteiger partial charge in [0.2, 0.25) is 11.8 Å². The average Bonchev–Trinajstić information content (AvgIpc) is 2.64. The van der Waals surface area contributed by atoms with Gasteiger partial charge in [-0.1, -0.05) is 0 Å². The van der Waals surface area contributed by atoms with Gasteiger partial charge in [-0.15, -0.1) is 12.4 Å². The van der Waals surface area contributed by atoms with Gasteiger partial charge in [0.15, 0.2) is 0 Å². The number of piperidine rings is 1. The highest BCUT2D eigenvalue weighted by Gasteiger charge is 2.28. The highest BCUT2D eigenvalue weighted by Crippen LogP contribution is 2.16. The Labute approximate surface area is 159 Å². The molecule has 0 spiro atoms. The van der Waals surface area contributed by atoms with Crippen LogP contribution in [-0.4, -0.2) is 67.4 Å². The smallest absolute Gasteiger partial charge is 0.238 e. The third kappa shape index (κ3) is 5.65. The molecular formula is C18H26ClFN4O2. The zero-order valence-electron chi connectivity index (χ0n) is 14.7. The van der Waals surface area contributed by atoms with Crippen molar-refractivity contribution in [3.05, 3.63) is 30.1 Å². The van der Waals surface area contributed by atoms with Crippen LogP contribution >= 0.6 is 12.4 Å². The van der Waals surface area contributed by atoms with Gasteiger partial charge in [0.1, 0.15) is 5.82 Å². The summed E-state index contributed by atoms with van der Waals surface area (Å²) in [4.78, 5) is 28.6. The van der Waals surface area contributed by atoms with Crippen LogP contribution in [0.15, 0.2) is 24.3 Å². The van der Waals surface area contributed by atoms with Crippen molar-refractivity contribution in [2.75, 3.05) is 51.1 Å². The Morgan fingerprint density at radius 2 is 1.69 bits per heavy atom. The van der Waals surface area contributed by atoms with Crippen molar-refractivity contribution >= 4 is 29.9 Å². The van der Waals surface area contributed by atoms with Gasteiger partial charge in [0.05, 0.1) is 6.54 Å². The van der Waals surface area contributed by atoms with Crippen molar-refractivity contribution in [3.63, 3.8) is 0 Å². The molecule has 0 unspecified atom stereocenters. The van der Waals surface area contributed by atoms with E-state index < -0.39 is 0 Å². The topological polar surface area (TPSA) is 64.7 Å². The van der Waals surface area contributed by atoms with E-state index in [4.69, 9.17) is 0 Å². The van der Waals surface area contributed by atoms with E-state index in [2.05, 4.69) is 10.6 Å². The summed E-state index contributed by atoms with van der Waals surface area (Å²) in [5.41, 5.74) is 0.589. The van der Waals surface area contributed by atoms with Crippen molar-refractivity contribution in [2.45, 2.75) is 12.8 Å². The summed E-state index contributed by atoms with van der Waals surface area (Å²) in [6.45, 7) is 4.87. The number of rotatable bonds is 4. The van der Waals surface area contributed by atoms with Crippen LogP contribution < -0.4 is 10.6 Å². The predicted molar refractivity (Wildman–Crippen MR) is 101 cm³/mol. The zero-order chi connectivity index (χ0) is 17.6. The standard InChI is InChI=1S/C18H25FN4O2.ClH/c19-15-1-3-16(4-2-15)21-17(24)13-22-9-11-23(12-10-22)18(25)14-5-7-20-8-6-14;/h1-4,14,20H,5-13H2,(H,21,24);1H. The second kappa shape index (κ2) is 9.85. The lowest BCUT2D eigenvalue weighted by molar-refractivity contribution is -0.138. The number of nitrogens with one attached hydrogen (secondary N) is 2. The minimum Gasteiger partial charge on any atom is -0.340 e. The quantitative estimate of drug-likeness (QED) is 0.822. The number of hydrogen-bond acceptors (Lipinski definition) is 4. The van der Waals surface area contributed by atoms with Crippen molar-refractivity contribution in [2.24, 2.45) is 5.92 Å². The summed E-state index contributed by atoms with van der Waals surface area (Å²) < 4.78 is 12.9. The molecule has 2 fully saturated rings. The Hall–Kier alpha value is -1.70. The first-order chi connectivity index (χ1) is 12.1. The first kappa shape index (κ1) is 20.6. The lowest BCUT2D eigenvalue weighted by atomic mass is 9.96. The molecule has 3 rings (SSSR count). The van der Waals surface area contributed by atoms with Crippen molar-refractivity contribution in [1.29, 1.82) is 0 Å². The molecule has 8 heteroatoms. The summed E-state index contributed by atoms with van der Waals surface area (Å²) in [6, 6.07) is 5.73. The van der Waals surface area contributed by atoms with Gasteiger partial charge >= 0.3 is 0 Å². The molecule has 2 saturated heterocycles. The lowest BCUT2D eigenvalue weighted by Gasteiger charge is -2.36. The maximum absolute atomic E-state index is 12.9. The van der Waals surface area contributed by atoms with E-state index in [1.807, 2.05) is 9.80 Å². The molecule has 2 amide bonds. The number of anilines is 1. The molecule has 0 aliphatic carbocycles. The Morgan fingerprint density at radius 3 is 2.31 bits per heavy atom. The van der Waals surface area contributed by atoms with E-state index in [9.17, 15) is 14.0 Å². The molecule has 6 nitrogen and oxygen atoms in total. The molecule has 144 valence electrons. The molecule has 0 aromatic heterocycles. The van der Waals surface area contributed by atoms with E-state index in [1.165, 1.54) is 12.1 Å². The van der Waals surface area contributed by atoms with Crippen LogP contribution in [0.5, 0.6) is 0 Å². The number of amides is 2. The second-order valence-electron chi connectivity index (χ2n) is 6.68. The Bertz CT molecular complexity index is 600. The third-order valence-corrected chi connectivity index (χ3v) is 4.87. The van der Waals surface area contributed by atoms with Crippen LogP contribution in [-0.2, 0) is 9.59 Å².